The summed E-state index contributed by atoms with van der Waals surface area (Å²) in [6.07, 6.45) is 5.64. The van der Waals surface area contributed by atoms with Gasteiger partial charge in [-0.2, -0.15) is 0 Å². The Morgan fingerprint density at radius 1 is 1.19 bits per heavy atom. The van der Waals surface area contributed by atoms with Gasteiger partial charge in [-0.05, 0) is 25.0 Å². The van der Waals surface area contributed by atoms with E-state index >= 15 is 0 Å². The third kappa shape index (κ3) is 2.70. The van der Waals surface area contributed by atoms with E-state index in [0.29, 0.717) is 36.8 Å². The minimum Gasteiger partial charge on any atom is -0.350 e. The molecule has 5 rings (SSSR count). The highest BCUT2D eigenvalue weighted by Gasteiger charge is 2.47. The van der Waals surface area contributed by atoms with Crippen molar-refractivity contribution in [2.75, 3.05) is 29.1 Å². The van der Waals surface area contributed by atoms with Gasteiger partial charge in [-0.25, -0.2) is 27.8 Å². The number of anilines is 2. The average molecular weight is 377 g/mol. The van der Waals surface area contributed by atoms with Crippen molar-refractivity contribution in [3.05, 3.63) is 36.2 Å². The number of sulfone groups is 1. The average Bonchev–Trinajstić information content (AvgIpc) is 2.61. The zero-order valence-electron chi connectivity index (χ0n) is 14.6. The van der Waals surface area contributed by atoms with Crippen molar-refractivity contribution < 1.29 is 12.8 Å². The summed E-state index contributed by atoms with van der Waals surface area (Å²) >= 11 is 0. The van der Waals surface area contributed by atoms with Crippen molar-refractivity contribution in [3.8, 4) is 0 Å². The van der Waals surface area contributed by atoms with E-state index in [2.05, 4.69) is 15.0 Å². The normalized spacial score (nSPS) is 22.3. The first-order valence-electron chi connectivity index (χ1n) is 8.58. The van der Waals surface area contributed by atoms with Crippen LogP contribution in [0.15, 0.2) is 29.6 Å². The number of halogens is 1. The van der Waals surface area contributed by atoms with Crippen LogP contribution in [0.1, 0.15) is 19.0 Å². The van der Waals surface area contributed by atoms with E-state index in [1.807, 2.05) is 16.7 Å². The molecule has 0 aromatic carbocycles. The number of hydrogen-bond acceptors (Lipinski definition) is 7. The van der Waals surface area contributed by atoms with Crippen LogP contribution in [0.3, 0.4) is 0 Å². The fourth-order valence-electron chi connectivity index (χ4n) is 3.86. The van der Waals surface area contributed by atoms with Crippen molar-refractivity contribution in [2.45, 2.75) is 36.7 Å². The second kappa shape index (κ2) is 6.15. The smallest absolute Gasteiger partial charge is 0.187 e. The molecule has 3 saturated heterocycles. The Bertz CT molecular complexity index is 940. The number of aromatic nitrogens is 3. The molecule has 0 amide bonds. The summed E-state index contributed by atoms with van der Waals surface area (Å²) in [6, 6.07) is 3.39. The van der Waals surface area contributed by atoms with Gasteiger partial charge in [-0.3, -0.25) is 0 Å². The summed E-state index contributed by atoms with van der Waals surface area (Å²) < 4.78 is 38.7. The second-order valence-corrected chi connectivity index (χ2v) is 8.75. The van der Waals surface area contributed by atoms with Crippen LogP contribution in [0.25, 0.3) is 0 Å². The van der Waals surface area contributed by atoms with E-state index in [0.717, 1.165) is 6.42 Å². The Hall–Kier alpha value is -2.29. The topological polar surface area (TPSA) is 79.3 Å². The van der Waals surface area contributed by atoms with Crippen molar-refractivity contribution in [3.63, 3.8) is 0 Å². The highest BCUT2D eigenvalue weighted by atomic mass is 32.2. The molecule has 2 aromatic rings. The Morgan fingerprint density at radius 2 is 1.92 bits per heavy atom. The maximum absolute atomic E-state index is 14.6. The summed E-state index contributed by atoms with van der Waals surface area (Å²) in [4.78, 5) is 16.6. The van der Waals surface area contributed by atoms with Gasteiger partial charge < -0.3 is 9.80 Å². The molecule has 0 radical (unpaired) electrons. The fourth-order valence-corrected chi connectivity index (χ4v) is 4.67. The molecule has 26 heavy (non-hydrogen) atoms. The molecule has 2 atom stereocenters. The molecule has 9 heteroatoms. The predicted molar refractivity (Wildman–Crippen MR) is 95.6 cm³/mol. The molecular formula is C17H20FN5O2S. The number of piperazine rings is 1. The van der Waals surface area contributed by atoms with Crippen molar-refractivity contribution in [1.82, 2.24) is 15.0 Å². The Morgan fingerprint density at radius 3 is 2.58 bits per heavy atom. The lowest BCUT2D eigenvalue weighted by Crippen LogP contribution is -2.69. The van der Waals surface area contributed by atoms with Gasteiger partial charge in [-0.1, -0.05) is 6.92 Å². The summed E-state index contributed by atoms with van der Waals surface area (Å²) in [5.74, 6) is 0.460. The monoisotopic (exact) mass is 377 g/mol. The van der Waals surface area contributed by atoms with E-state index < -0.39 is 9.84 Å². The van der Waals surface area contributed by atoms with Crippen molar-refractivity contribution in [1.29, 1.82) is 0 Å². The van der Waals surface area contributed by atoms with Crippen LogP contribution in [0, 0.1) is 5.82 Å². The van der Waals surface area contributed by atoms with Gasteiger partial charge in [0.15, 0.2) is 21.5 Å². The lowest BCUT2D eigenvalue weighted by atomic mass is 9.87. The SMILES string of the molecule is CCc1ncnc(N2CC3CC(C2)N3c2ncccc2S(C)(=O)=O)c1F. The Labute approximate surface area is 151 Å². The standard InChI is InChI=1S/C17H20FN5O2S/c1-3-13-15(18)17(21-10-20-13)22-8-11-7-12(9-22)23(11)16-14(26(2,24)25)5-4-6-19-16/h4-6,10-12H,3,7-9H2,1-2H3. The molecule has 3 fully saturated rings. The molecule has 3 aliphatic heterocycles. The van der Waals surface area contributed by atoms with Gasteiger partial charge in [0.05, 0.1) is 17.8 Å². The number of nitrogens with zero attached hydrogens (tertiary/aromatic N) is 5. The predicted octanol–water partition coefficient (Wildman–Crippen LogP) is 1.44. The van der Waals surface area contributed by atoms with Crippen LogP contribution in [0.2, 0.25) is 0 Å². The summed E-state index contributed by atoms with van der Waals surface area (Å²) in [6.45, 7) is 3.01. The third-order valence-corrected chi connectivity index (χ3v) is 6.18. The van der Waals surface area contributed by atoms with Gasteiger partial charge >= 0.3 is 0 Å². The quantitative estimate of drug-likeness (QED) is 0.798. The molecule has 0 aliphatic carbocycles. The lowest BCUT2D eigenvalue weighted by Gasteiger charge is -2.57. The summed E-state index contributed by atoms with van der Waals surface area (Å²) in [5.41, 5.74) is 0.412. The van der Waals surface area contributed by atoms with Crippen LogP contribution in [-0.2, 0) is 16.3 Å². The Kier molecular flexibility index (Phi) is 4.06. The molecule has 3 aliphatic rings. The first-order chi connectivity index (χ1) is 12.4. The van der Waals surface area contributed by atoms with E-state index in [1.54, 1.807) is 18.3 Å². The molecule has 7 nitrogen and oxygen atoms in total. The van der Waals surface area contributed by atoms with Gasteiger partial charge in [-0.15, -0.1) is 0 Å². The van der Waals surface area contributed by atoms with E-state index in [4.69, 9.17) is 0 Å². The minimum atomic E-state index is -3.37. The number of piperidine rings is 1. The first-order valence-corrected chi connectivity index (χ1v) is 10.5. The van der Waals surface area contributed by atoms with Crippen molar-refractivity contribution >= 4 is 21.5 Å². The molecule has 2 unspecified atom stereocenters. The lowest BCUT2D eigenvalue weighted by molar-refractivity contribution is 0.284. The molecule has 2 bridgehead atoms. The number of hydrogen-bond donors (Lipinski definition) is 0. The summed E-state index contributed by atoms with van der Waals surface area (Å²) in [7, 11) is -3.37. The van der Waals surface area contributed by atoms with Gasteiger partial charge in [0.25, 0.3) is 0 Å². The number of pyridine rings is 1. The molecular weight excluding hydrogens is 357 g/mol. The van der Waals surface area contributed by atoms with E-state index in [1.165, 1.54) is 12.6 Å². The maximum Gasteiger partial charge on any atom is 0.187 e. The van der Waals surface area contributed by atoms with Gasteiger partial charge in [0.2, 0.25) is 0 Å². The van der Waals surface area contributed by atoms with Crippen molar-refractivity contribution in [2.24, 2.45) is 0 Å². The van der Waals surface area contributed by atoms with Crippen LogP contribution in [0.5, 0.6) is 0 Å². The van der Waals surface area contributed by atoms with Crippen LogP contribution in [0.4, 0.5) is 16.0 Å². The van der Waals surface area contributed by atoms with Gasteiger partial charge in [0, 0.05) is 25.5 Å². The van der Waals surface area contributed by atoms with Gasteiger partial charge in [0.1, 0.15) is 17.0 Å². The molecule has 0 spiro atoms. The molecule has 138 valence electrons. The molecule has 0 N–H and O–H groups in total. The molecule has 5 heterocycles. The van der Waals surface area contributed by atoms with Crippen LogP contribution < -0.4 is 9.80 Å². The Balaban J connectivity index is 1.61. The summed E-state index contributed by atoms with van der Waals surface area (Å²) in [5, 5.41) is 0. The zero-order chi connectivity index (χ0) is 18.5. The number of rotatable bonds is 4. The van der Waals surface area contributed by atoms with E-state index in [-0.39, 0.29) is 22.8 Å². The first kappa shape index (κ1) is 17.1. The third-order valence-electron chi connectivity index (χ3n) is 5.07. The van der Waals surface area contributed by atoms with Crippen LogP contribution in [-0.4, -0.2) is 54.8 Å². The highest BCUT2D eigenvalue weighted by molar-refractivity contribution is 7.90. The largest absolute Gasteiger partial charge is 0.350 e. The fraction of sp³-hybridized carbons (Fsp3) is 0.471. The van der Waals surface area contributed by atoms with E-state index in [9.17, 15) is 12.8 Å². The maximum atomic E-state index is 14.6. The zero-order valence-corrected chi connectivity index (χ0v) is 15.4. The number of fused-ring (bicyclic) bond motifs is 2. The van der Waals surface area contributed by atoms with Crippen LogP contribution >= 0.6 is 0 Å². The molecule has 0 saturated carbocycles. The highest BCUT2D eigenvalue weighted by Crippen LogP contribution is 2.40. The second-order valence-electron chi connectivity index (χ2n) is 6.76. The number of aryl methyl sites for hydroxylation is 1. The minimum absolute atomic E-state index is 0.0867. The molecule has 2 aromatic heterocycles.